The average molecular weight is 360 g/mol. The number of nitrogens with zero attached hydrogens (tertiary/aromatic N) is 3. The largest absolute Gasteiger partial charge is 0.465 e. The van der Waals surface area contributed by atoms with Crippen LogP contribution >= 0.6 is 0 Å². The summed E-state index contributed by atoms with van der Waals surface area (Å²) in [5.74, 6) is 0. The standard InChI is InChI=1S/C17H36N4O4/c1-17(2,3)21(16(22)23)11-15-25-14-10-20-7-5-19(6-8-20)9-13-24-12-4-18/h4-15,18H2,1-3H3,(H,22,23). The van der Waals surface area contributed by atoms with Crippen molar-refractivity contribution in [1.82, 2.24) is 14.7 Å². The van der Waals surface area contributed by atoms with Crippen LogP contribution in [0.15, 0.2) is 0 Å². The molecule has 1 heterocycles. The van der Waals surface area contributed by atoms with Gasteiger partial charge in [0.25, 0.3) is 0 Å². The van der Waals surface area contributed by atoms with E-state index in [9.17, 15) is 9.90 Å². The highest BCUT2D eigenvalue weighted by atomic mass is 16.5. The molecule has 3 N–H and O–H groups in total. The zero-order chi connectivity index (χ0) is 18.7. The molecule has 1 aliphatic rings. The van der Waals surface area contributed by atoms with Crippen LogP contribution in [0.4, 0.5) is 4.79 Å². The van der Waals surface area contributed by atoms with Crippen molar-refractivity contribution in [1.29, 1.82) is 0 Å². The molecule has 0 aliphatic carbocycles. The minimum atomic E-state index is -0.900. The molecular formula is C17H36N4O4. The first-order chi connectivity index (χ1) is 11.8. The van der Waals surface area contributed by atoms with Crippen LogP contribution < -0.4 is 5.73 Å². The third-order valence-corrected chi connectivity index (χ3v) is 4.33. The Labute approximate surface area is 151 Å². The van der Waals surface area contributed by atoms with Gasteiger partial charge in [-0.3, -0.25) is 9.80 Å². The van der Waals surface area contributed by atoms with Crippen LogP contribution in [0.1, 0.15) is 20.8 Å². The number of hydrogen-bond donors (Lipinski definition) is 2. The van der Waals surface area contributed by atoms with E-state index in [1.54, 1.807) is 0 Å². The minimum absolute atomic E-state index is 0.398. The number of ether oxygens (including phenoxy) is 2. The van der Waals surface area contributed by atoms with E-state index in [0.717, 1.165) is 45.9 Å². The minimum Gasteiger partial charge on any atom is -0.465 e. The molecule has 0 unspecified atom stereocenters. The van der Waals surface area contributed by atoms with Gasteiger partial charge in [-0.25, -0.2) is 4.79 Å². The molecule has 25 heavy (non-hydrogen) atoms. The summed E-state index contributed by atoms with van der Waals surface area (Å²) in [6.45, 7) is 15.1. The summed E-state index contributed by atoms with van der Waals surface area (Å²) in [7, 11) is 0. The lowest BCUT2D eigenvalue weighted by Crippen LogP contribution is -2.48. The van der Waals surface area contributed by atoms with Crippen molar-refractivity contribution in [2.75, 3.05) is 78.8 Å². The number of carboxylic acid groups (broad SMARTS) is 1. The fraction of sp³-hybridized carbons (Fsp3) is 0.941. The Kier molecular flexibility index (Phi) is 10.3. The van der Waals surface area contributed by atoms with Gasteiger partial charge in [-0.15, -0.1) is 0 Å². The van der Waals surface area contributed by atoms with Crippen molar-refractivity contribution < 1.29 is 19.4 Å². The van der Waals surface area contributed by atoms with Gasteiger partial charge in [0.2, 0.25) is 0 Å². The second-order valence-corrected chi connectivity index (χ2v) is 7.30. The Morgan fingerprint density at radius 2 is 1.48 bits per heavy atom. The van der Waals surface area contributed by atoms with Gasteiger partial charge in [0.05, 0.1) is 26.4 Å². The molecule has 1 aliphatic heterocycles. The zero-order valence-corrected chi connectivity index (χ0v) is 16.1. The summed E-state index contributed by atoms with van der Waals surface area (Å²) < 4.78 is 11.1. The van der Waals surface area contributed by atoms with Gasteiger partial charge >= 0.3 is 6.09 Å². The molecule has 8 heteroatoms. The Hall–Kier alpha value is -0.930. The van der Waals surface area contributed by atoms with E-state index in [2.05, 4.69) is 9.80 Å². The van der Waals surface area contributed by atoms with Crippen molar-refractivity contribution in [3.63, 3.8) is 0 Å². The monoisotopic (exact) mass is 360 g/mol. The van der Waals surface area contributed by atoms with Crippen molar-refractivity contribution in [3.05, 3.63) is 0 Å². The average Bonchev–Trinajstić information content (AvgIpc) is 2.54. The van der Waals surface area contributed by atoms with Crippen LogP contribution in [0.5, 0.6) is 0 Å². The van der Waals surface area contributed by atoms with Gasteiger partial charge in [0, 0.05) is 57.9 Å². The third-order valence-electron chi connectivity index (χ3n) is 4.33. The number of hydrogen-bond acceptors (Lipinski definition) is 6. The SMILES string of the molecule is CC(C)(C)N(CCOCCN1CCN(CCOCCN)CC1)C(=O)O. The highest BCUT2D eigenvalue weighted by molar-refractivity contribution is 5.65. The molecule has 0 bridgehead atoms. The van der Waals surface area contributed by atoms with Gasteiger partial charge in [-0.1, -0.05) is 0 Å². The van der Waals surface area contributed by atoms with E-state index < -0.39 is 11.6 Å². The Morgan fingerprint density at radius 1 is 1.00 bits per heavy atom. The van der Waals surface area contributed by atoms with E-state index in [-0.39, 0.29) is 0 Å². The Bertz CT molecular complexity index is 368. The molecule has 0 saturated carbocycles. The molecule has 0 aromatic heterocycles. The molecule has 0 atom stereocenters. The van der Waals surface area contributed by atoms with Crippen LogP contribution in [-0.4, -0.2) is 110 Å². The molecule has 1 amide bonds. The first-order valence-corrected chi connectivity index (χ1v) is 9.15. The molecule has 0 aromatic rings. The topological polar surface area (TPSA) is 91.5 Å². The number of nitrogens with two attached hydrogens (primary N) is 1. The van der Waals surface area contributed by atoms with E-state index in [1.807, 2.05) is 20.8 Å². The summed E-state index contributed by atoms with van der Waals surface area (Å²) in [4.78, 5) is 17.4. The van der Waals surface area contributed by atoms with Gasteiger partial charge < -0.3 is 25.2 Å². The maximum absolute atomic E-state index is 11.2. The lowest BCUT2D eigenvalue weighted by Gasteiger charge is -2.35. The molecule has 1 fully saturated rings. The van der Waals surface area contributed by atoms with Crippen molar-refractivity contribution in [3.8, 4) is 0 Å². The van der Waals surface area contributed by atoms with Crippen LogP contribution in [0, 0.1) is 0 Å². The first kappa shape index (κ1) is 22.1. The van der Waals surface area contributed by atoms with E-state index >= 15 is 0 Å². The van der Waals surface area contributed by atoms with Crippen molar-refractivity contribution in [2.24, 2.45) is 5.73 Å². The van der Waals surface area contributed by atoms with Crippen LogP contribution in [0.25, 0.3) is 0 Å². The molecule has 0 spiro atoms. The number of piperazine rings is 1. The van der Waals surface area contributed by atoms with E-state index in [4.69, 9.17) is 15.2 Å². The normalized spacial score (nSPS) is 17.0. The smallest absolute Gasteiger partial charge is 0.407 e. The molecule has 0 radical (unpaired) electrons. The number of amides is 1. The summed E-state index contributed by atoms with van der Waals surface area (Å²) in [6.07, 6.45) is -0.900. The van der Waals surface area contributed by atoms with Crippen LogP contribution in [-0.2, 0) is 9.47 Å². The van der Waals surface area contributed by atoms with E-state index in [1.165, 1.54) is 4.90 Å². The summed E-state index contributed by atoms with van der Waals surface area (Å²) in [5.41, 5.74) is 4.99. The molecule has 0 aromatic carbocycles. The Balaban J connectivity index is 2.07. The maximum Gasteiger partial charge on any atom is 0.407 e. The number of carbonyl (C=O) groups is 1. The van der Waals surface area contributed by atoms with Crippen molar-refractivity contribution >= 4 is 6.09 Å². The van der Waals surface area contributed by atoms with Gasteiger partial charge in [-0.05, 0) is 20.8 Å². The fourth-order valence-corrected chi connectivity index (χ4v) is 2.79. The molecule has 148 valence electrons. The van der Waals surface area contributed by atoms with Gasteiger partial charge in [0.1, 0.15) is 0 Å². The number of rotatable bonds is 11. The first-order valence-electron chi connectivity index (χ1n) is 9.15. The maximum atomic E-state index is 11.2. The third kappa shape index (κ3) is 9.37. The molecule has 8 nitrogen and oxygen atoms in total. The van der Waals surface area contributed by atoms with Gasteiger partial charge in [-0.2, -0.15) is 0 Å². The quantitative estimate of drug-likeness (QED) is 0.515. The highest BCUT2D eigenvalue weighted by Crippen LogP contribution is 2.12. The molecule has 1 rings (SSSR count). The summed E-state index contributed by atoms with van der Waals surface area (Å²) >= 11 is 0. The molecular weight excluding hydrogens is 324 g/mol. The second-order valence-electron chi connectivity index (χ2n) is 7.30. The van der Waals surface area contributed by atoms with E-state index in [0.29, 0.717) is 32.9 Å². The molecule has 1 saturated heterocycles. The lowest BCUT2D eigenvalue weighted by molar-refractivity contribution is 0.0407. The predicted octanol–water partition coefficient (Wildman–Crippen LogP) is 0.374. The second kappa shape index (κ2) is 11.6. The van der Waals surface area contributed by atoms with Crippen LogP contribution in [0.2, 0.25) is 0 Å². The highest BCUT2D eigenvalue weighted by Gasteiger charge is 2.25. The van der Waals surface area contributed by atoms with Gasteiger partial charge in [0.15, 0.2) is 0 Å². The zero-order valence-electron chi connectivity index (χ0n) is 16.1. The summed E-state index contributed by atoms with van der Waals surface area (Å²) in [6, 6.07) is 0. The Morgan fingerprint density at radius 3 is 1.88 bits per heavy atom. The van der Waals surface area contributed by atoms with Crippen molar-refractivity contribution in [2.45, 2.75) is 26.3 Å². The summed E-state index contributed by atoms with van der Waals surface area (Å²) in [5, 5.41) is 9.23. The fourth-order valence-electron chi connectivity index (χ4n) is 2.79. The predicted molar refractivity (Wildman–Crippen MR) is 98.1 cm³/mol. The van der Waals surface area contributed by atoms with Crippen LogP contribution in [0.3, 0.4) is 0 Å². The lowest BCUT2D eigenvalue weighted by atomic mass is 10.1.